The molecular formula is C34H46Zr. The maximum atomic E-state index is 3.53. The first kappa shape index (κ1) is 29.9. The van der Waals surface area contributed by atoms with E-state index in [1.807, 2.05) is 0 Å². The summed E-state index contributed by atoms with van der Waals surface area (Å²) in [6.45, 7) is 26.7. The summed E-state index contributed by atoms with van der Waals surface area (Å²) in [6.07, 6.45) is 8.68. The maximum absolute atomic E-state index is 3.53. The summed E-state index contributed by atoms with van der Waals surface area (Å²) >= 11 is 1.55. The molecule has 2 aliphatic rings. The molecule has 0 aliphatic heterocycles. The van der Waals surface area contributed by atoms with Gasteiger partial charge in [0.1, 0.15) is 0 Å². The quantitative estimate of drug-likeness (QED) is 0.247. The van der Waals surface area contributed by atoms with E-state index in [9.17, 15) is 0 Å². The standard InChI is InChI=1S/C21H25.C10H15.C3H6.Zr/c1-20(2,3)16-9-7-14-11-15-8-10-17(21(4,5)6)13-19(15)18(14)12-16;1-8-5-6-9(7-8)10(2,3)4;1-3-2;/h7,9-10,12-13H,11H2,1-6H3;6-8H,1-4H3;1-2H3;/q2*-1;;+2. The molecule has 2 aliphatic carbocycles. The monoisotopic (exact) mass is 544 g/mol. The summed E-state index contributed by atoms with van der Waals surface area (Å²) in [7, 11) is 0. The average molecular weight is 546 g/mol. The van der Waals surface area contributed by atoms with E-state index in [0.29, 0.717) is 11.3 Å². The number of hydrogen-bond donors (Lipinski definition) is 0. The van der Waals surface area contributed by atoms with Gasteiger partial charge in [-0.25, -0.2) is 6.08 Å². The first-order chi connectivity index (χ1) is 15.9. The predicted molar refractivity (Wildman–Crippen MR) is 152 cm³/mol. The Morgan fingerprint density at radius 3 is 1.80 bits per heavy atom. The van der Waals surface area contributed by atoms with E-state index in [2.05, 4.69) is 138 Å². The molecule has 0 aromatic heterocycles. The molecule has 0 N–H and O–H groups in total. The van der Waals surface area contributed by atoms with Gasteiger partial charge in [-0.1, -0.05) is 115 Å². The molecule has 0 heterocycles. The van der Waals surface area contributed by atoms with Gasteiger partial charge in [0.15, 0.2) is 0 Å². The summed E-state index contributed by atoms with van der Waals surface area (Å²) < 4.78 is 1.51. The fourth-order valence-corrected chi connectivity index (χ4v) is 4.04. The van der Waals surface area contributed by atoms with Gasteiger partial charge in [0, 0.05) is 0 Å². The van der Waals surface area contributed by atoms with Gasteiger partial charge in [-0.3, -0.25) is 6.08 Å². The van der Waals surface area contributed by atoms with E-state index in [-0.39, 0.29) is 10.8 Å². The first-order valence-corrected chi connectivity index (χ1v) is 14.1. The summed E-state index contributed by atoms with van der Waals surface area (Å²) in [4.78, 5) is 0. The Hall–Kier alpha value is -1.33. The Morgan fingerprint density at radius 2 is 1.37 bits per heavy atom. The second kappa shape index (κ2) is 11.4. The van der Waals surface area contributed by atoms with Crippen LogP contribution in [0.1, 0.15) is 105 Å². The van der Waals surface area contributed by atoms with Crippen molar-refractivity contribution < 1.29 is 24.2 Å². The van der Waals surface area contributed by atoms with E-state index in [0.717, 1.165) is 6.42 Å². The van der Waals surface area contributed by atoms with Crippen molar-refractivity contribution in [3.63, 3.8) is 0 Å². The first-order valence-electron chi connectivity index (χ1n) is 12.9. The Morgan fingerprint density at radius 1 is 0.829 bits per heavy atom. The van der Waals surface area contributed by atoms with Gasteiger partial charge in [0.2, 0.25) is 0 Å². The minimum absolute atomic E-state index is 0.177. The molecule has 2 aromatic carbocycles. The molecule has 0 amide bonds. The van der Waals surface area contributed by atoms with Crippen LogP contribution in [0.15, 0.2) is 48.1 Å². The van der Waals surface area contributed by atoms with E-state index in [4.69, 9.17) is 0 Å². The van der Waals surface area contributed by atoms with Gasteiger partial charge >= 0.3 is 41.3 Å². The van der Waals surface area contributed by atoms with Crippen LogP contribution in [0.25, 0.3) is 11.1 Å². The Labute approximate surface area is 231 Å². The van der Waals surface area contributed by atoms with Crippen molar-refractivity contribution in [1.82, 2.24) is 0 Å². The second-order valence-corrected chi connectivity index (χ2v) is 15.8. The average Bonchev–Trinajstić information content (AvgIpc) is 3.29. The third kappa shape index (κ3) is 8.63. The van der Waals surface area contributed by atoms with E-state index < -0.39 is 0 Å². The molecule has 0 spiro atoms. The molecule has 2 aromatic rings. The van der Waals surface area contributed by atoms with Crippen LogP contribution in [-0.4, -0.2) is 3.21 Å². The Kier molecular flexibility index (Phi) is 9.72. The van der Waals surface area contributed by atoms with Crippen LogP contribution in [0.3, 0.4) is 0 Å². The van der Waals surface area contributed by atoms with E-state index in [1.165, 1.54) is 42.2 Å². The van der Waals surface area contributed by atoms with Crippen LogP contribution < -0.4 is 0 Å². The van der Waals surface area contributed by atoms with Crippen molar-refractivity contribution in [1.29, 1.82) is 0 Å². The van der Waals surface area contributed by atoms with Gasteiger partial charge in [0.05, 0.1) is 0 Å². The predicted octanol–water partition coefficient (Wildman–Crippen LogP) is 9.37. The molecule has 186 valence electrons. The Bertz CT molecular complexity index is 1040. The van der Waals surface area contributed by atoms with Crippen LogP contribution in [-0.2, 0) is 41.5 Å². The summed E-state index contributed by atoms with van der Waals surface area (Å²) in [6, 6.07) is 15.1. The van der Waals surface area contributed by atoms with Crippen molar-refractivity contribution >= 4 is 3.21 Å². The van der Waals surface area contributed by atoms with Crippen LogP contribution >= 0.6 is 0 Å². The minimum atomic E-state index is 0.177. The van der Waals surface area contributed by atoms with Crippen LogP contribution in [0, 0.1) is 23.5 Å². The molecule has 1 unspecified atom stereocenters. The van der Waals surface area contributed by atoms with Gasteiger partial charge in [-0.05, 0) is 17.4 Å². The molecule has 0 saturated carbocycles. The molecule has 0 saturated heterocycles. The molecule has 4 rings (SSSR count). The number of benzene rings is 2. The second-order valence-electron chi connectivity index (χ2n) is 13.3. The number of allylic oxidation sites excluding steroid dienone is 4. The number of rotatable bonds is 0. The molecule has 35 heavy (non-hydrogen) atoms. The summed E-state index contributed by atoms with van der Waals surface area (Å²) in [5.41, 5.74) is 10.5. The molecule has 0 fully saturated rings. The molecule has 1 heteroatoms. The molecule has 0 nitrogen and oxygen atoms in total. The molecule has 1 atom stereocenters. The zero-order valence-corrected chi connectivity index (χ0v) is 26.8. The van der Waals surface area contributed by atoms with Gasteiger partial charge < -0.3 is 0 Å². The van der Waals surface area contributed by atoms with Crippen molar-refractivity contribution in [3.05, 3.63) is 82.5 Å². The molecule has 0 radical (unpaired) electrons. The SMILES string of the molecule is CC(C)(C)c1c[c-]c2c(c1)-c1cc(C(C)(C)C)ccc1C2.CC1[C-]=CC(C(C)(C)C)=C1.C[C](C)=[Zr+2]. The zero-order valence-electron chi connectivity index (χ0n) is 24.3. The molecular weight excluding hydrogens is 500 g/mol. The van der Waals surface area contributed by atoms with Crippen molar-refractivity contribution in [2.75, 3.05) is 0 Å². The van der Waals surface area contributed by atoms with E-state index in [1.54, 1.807) is 24.2 Å². The van der Waals surface area contributed by atoms with Crippen LogP contribution in [0.5, 0.6) is 0 Å². The van der Waals surface area contributed by atoms with Crippen molar-refractivity contribution in [2.45, 2.75) is 100 Å². The van der Waals surface area contributed by atoms with Crippen LogP contribution in [0.4, 0.5) is 0 Å². The topological polar surface area (TPSA) is 0 Å². The summed E-state index contributed by atoms with van der Waals surface area (Å²) in [5.74, 6) is 0.522. The number of fused-ring (bicyclic) bond motifs is 3. The van der Waals surface area contributed by atoms with Crippen molar-refractivity contribution in [2.24, 2.45) is 11.3 Å². The summed E-state index contributed by atoms with van der Waals surface area (Å²) in [5, 5.41) is 0. The molecule has 0 bridgehead atoms. The van der Waals surface area contributed by atoms with E-state index >= 15 is 0 Å². The third-order valence-corrected chi connectivity index (χ3v) is 6.32. The fraction of sp³-hybridized carbons (Fsp3) is 0.500. The zero-order chi connectivity index (χ0) is 26.8. The van der Waals surface area contributed by atoms with Gasteiger partial charge in [-0.15, -0.1) is 5.56 Å². The number of hydrogen-bond acceptors (Lipinski definition) is 0. The Balaban J connectivity index is 0.000000257. The third-order valence-electron chi connectivity index (χ3n) is 6.32. The fourth-order valence-electron chi connectivity index (χ4n) is 4.04. The van der Waals surface area contributed by atoms with Gasteiger partial charge in [0.25, 0.3) is 0 Å². The van der Waals surface area contributed by atoms with Crippen LogP contribution in [0.2, 0.25) is 0 Å². The van der Waals surface area contributed by atoms with Gasteiger partial charge in [-0.2, -0.15) is 41.0 Å². The normalized spacial score (nSPS) is 16.4. The van der Waals surface area contributed by atoms with Crippen molar-refractivity contribution in [3.8, 4) is 11.1 Å².